The number of hydrogen-bond acceptors (Lipinski definition) is 5. The SMILES string of the molecule is CSCC[C@@H](N=C(c1ccccc1)c1cc(Cl)ccc1[N-]C(=O)[C@]1(C)CCCN1Cc1ccc(Cl)c(Cl)c1)C(=O)O.[Ni]. The van der Waals surface area contributed by atoms with Crippen molar-refractivity contribution in [3.8, 4) is 0 Å². The van der Waals surface area contributed by atoms with Crippen LogP contribution in [0.3, 0.4) is 0 Å². The van der Waals surface area contributed by atoms with Crippen LogP contribution in [0.15, 0.2) is 71.7 Å². The van der Waals surface area contributed by atoms with E-state index < -0.39 is 17.6 Å². The number of aliphatic imine (C=N–C) groups is 1. The number of rotatable bonds is 11. The molecule has 0 bridgehead atoms. The molecule has 1 fully saturated rings. The minimum absolute atomic E-state index is 0. The third kappa shape index (κ3) is 8.31. The van der Waals surface area contributed by atoms with Crippen LogP contribution in [0.2, 0.25) is 15.1 Å². The molecule has 1 N–H and O–H groups in total. The van der Waals surface area contributed by atoms with E-state index in [1.54, 1.807) is 36.0 Å². The Morgan fingerprint density at radius 3 is 2.48 bits per heavy atom. The summed E-state index contributed by atoms with van der Waals surface area (Å²) in [6.45, 7) is 3.17. The Bertz CT molecular complexity index is 1440. The summed E-state index contributed by atoms with van der Waals surface area (Å²) in [5, 5.41) is 15.9. The second-order valence-electron chi connectivity index (χ2n) is 10.1. The van der Waals surface area contributed by atoms with Gasteiger partial charge in [0.05, 0.1) is 27.2 Å². The van der Waals surface area contributed by atoms with Crippen LogP contribution in [-0.2, 0) is 32.6 Å². The molecule has 0 saturated carbocycles. The van der Waals surface area contributed by atoms with E-state index in [1.165, 1.54) is 0 Å². The van der Waals surface area contributed by atoms with Crippen molar-refractivity contribution < 1.29 is 31.2 Å². The molecule has 0 radical (unpaired) electrons. The first-order valence-electron chi connectivity index (χ1n) is 13.2. The summed E-state index contributed by atoms with van der Waals surface area (Å²) >= 11 is 20.3. The van der Waals surface area contributed by atoms with E-state index in [2.05, 4.69) is 10.2 Å². The van der Waals surface area contributed by atoms with Gasteiger partial charge in [-0.3, -0.25) is 9.89 Å². The molecule has 0 unspecified atom stereocenters. The third-order valence-corrected chi connectivity index (χ3v) is 8.87. The predicted octanol–water partition coefficient (Wildman–Crippen LogP) is 8.27. The van der Waals surface area contributed by atoms with Gasteiger partial charge >= 0.3 is 5.97 Å². The average molecular weight is 691 g/mol. The van der Waals surface area contributed by atoms with Gasteiger partial charge in [0, 0.05) is 33.6 Å². The molecule has 226 valence electrons. The predicted molar refractivity (Wildman–Crippen MR) is 170 cm³/mol. The summed E-state index contributed by atoms with van der Waals surface area (Å²) < 4.78 is 0. The van der Waals surface area contributed by atoms with Gasteiger partial charge in [0.25, 0.3) is 0 Å². The second kappa shape index (κ2) is 15.6. The Kier molecular flexibility index (Phi) is 12.8. The van der Waals surface area contributed by atoms with E-state index in [-0.39, 0.29) is 22.4 Å². The van der Waals surface area contributed by atoms with Gasteiger partial charge in [-0.25, -0.2) is 4.79 Å². The number of halogens is 3. The van der Waals surface area contributed by atoms with Crippen LogP contribution in [0, 0.1) is 0 Å². The van der Waals surface area contributed by atoms with Crippen molar-refractivity contribution in [2.75, 3.05) is 18.6 Å². The number of nitrogens with zero attached hydrogens (tertiary/aromatic N) is 3. The van der Waals surface area contributed by atoms with Gasteiger partial charge in [0.15, 0.2) is 0 Å². The van der Waals surface area contributed by atoms with Crippen LogP contribution in [0.1, 0.15) is 42.9 Å². The number of carboxylic acid groups (broad SMARTS) is 1. The van der Waals surface area contributed by atoms with Crippen molar-refractivity contribution >= 4 is 69.8 Å². The first-order chi connectivity index (χ1) is 19.6. The fourth-order valence-electron chi connectivity index (χ4n) is 4.92. The number of benzene rings is 3. The molecule has 1 aliphatic heterocycles. The maximum Gasteiger partial charge on any atom is 0.328 e. The van der Waals surface area contributed by atoms with E-state index in [0.29, 0.717) is 62.7 Å². The van der Waals surface area contributed by atoms with Crippen molar-refractivity contribution in [2.24, 2.45) is 4.99 Å². The number of carbonyl (C=O) groups is 2. The number of hydrogen-bond donors (Lipinski definition) is 1. The zero-order valence-corrected chi connectivity index (χ0v) is 27.2. The largest absolute Gasteiger partial charge is 0.625 e. The van der Waals surface area contributed by atoms with Gasteiger partial charge in [0.2, 0.25) is 0 Å². The molecule has 2 atom stereocenters. The number of carbonyl (C=O) groups excluding carboxylic acids is 1. The maximum atomic E-state index is 13.9. The Morgan fingerprint density at radius 2 is 1.81 bits per heavy atom. The molecule has 3 aromatic carbocycles. The number of amides is 1. The molecular formula is C31H31Cl3N3NiO3S-. The first-order valence-corrected chi connectivity index (χ1v) is 15.7. The Morgan fingerprint density at radius 1 is 1.07 bits per heavy atom. The number of likely N-dealkylation sites (tertiary alicyclic amines) is 1. The van der Waals surface area contributed by atoms with Crippen molar-refractivity contribution in [1.29, 1.82) is 0 Å². The minimum Gasteiger partial charge on any atom is -0.625 e. The Labute approximate surface area is 276 Å². The summed E-state index contributed by atoms with van der Waals surface area (Å²) in [4.78, 5) is 32.9. The minimum atomic E-state index is -1.01. The second-order valence-corrected chi connectivity index (χ2v) is 12.3. The van der Waals surface area contributed by atoms with Gasteiger partial charge < -0.3 is 15.2 Å². The van der Waals surface area contributed by atoms with Crippen LogP contribution < -0.4 is 0 Å². The smallest absolute Gasteiger partial charge is 0.328 e. The first kappa shape index (κ1) is 34.4. The average Bonchev–Trinajstić information content (AvgIpc) is 3.33. The maximum absolute atomic E-state index is 13.9. The van der Waals surface area contributed by atoms with E-state index in [0.717, 1.165) is 18.5 Å². The molecule has 42 heavy (non-hydrogen) atoms. The standard InChI is InChI=1S/C31H32Cl3N3O3S.Ni/c1-31(14-6-15-37(31)19-20-9-11-24(33)25(34)17-20)30(40)36-26-12-10-22(32)18-23(26)28(21-7-4-3-5-8-21)35-27(29(38)39)13-16-41-2;/h3-5,7-12,17-18,27H,6,13-16,19H2,1-2H3,(H2,35,36,38,39,40);/p-1/t27-,31+;/m1./s1. The molecule has 11 heteroatoms. The van der Waals surface area contributed by atoms with Crippen LogP contribution in [0.25, 0.3) is 5.32 Å². The van der Waals surface area contributed by atoms with Crippen LogP contribution in [0.5, 0.6) is 0 Å². The van der Waals surface area contributed by atoms with Crippen LogP contribution in [-0.4, -0.2) is 57.7 Å². The molecule has 1 saturated heterocycles. The van der Waals surface area contributed by atoms with Crippen molar-refractivity contribution in [1.82, 2.24) is 4.90 Å². The molecule has 1 amide bonds. The zero-order chi connectivity index (χ0) is 29.6. The Balaban J connectivity index is 0.00000484. The molecule has 1 aliphatic rings. The topological polar surface area (TPSA) is 84.1 Å². The van der Waals surface area contributed by atoms with Gasteiger partial charge in [-0.1, -0.05) is 77.3 Å². The summed E-state index contributed by atoms with van der Waals surface area (Å²) in [5.74, 6) is -0.662. The van der Waals surface area contributed by atoms with E-state index in [1.807, 2.05) is 55.6 Å². The molecule has 0 spiro atoms. The third-order valence-electron chi connectivity index (χ3n) is 7.26. The monoisotopic (exact) mass is 688 g/mol. The molecule has 6 nitrogen and oxygen atoms in total. The molecular weight excluding hydrogens is 659 g/mol. The summed E-state index contributed by atoms with van der Waals surface area (Å²) in [5.41, 5.74) is 2.15. The van der Waals surface area contributed by atoms with Crippen LogP contribution in [0.4, 0.5) is 5.69 Å². The normalized spacial score (nSPS) is 17.9. The number of aliphatic carboxylic acids is 1. The quantitative estimate of drug-likeness (QED) is 0.162. The molecule has 1 heterocycles. The molecule has 3 aromatic rings. The van der Waals surface area contributed by atoms with E-state index in [4.69, 9.17) is 39.8 Å². The number of carboxylic acids is 1. The van der Waals surface area contributed by atoms with Crippen LogP contribution >= 0.6 is 46.6 Å². The fraction of sp³-hybridized carbons (Fsp3) is 0.323. The van der Waals surface area contributed by atoms with Crippen molar-refractivity contribution in [3.63, 3.8) is 0 Å². The van der Waals surface area contributed by atoms with E-state index >= 15 is 0 Å². The fourth-order valence-corrected chi connectivity index (χ4v) is 5.87. The summed E-state index contributed by atoms with van der Waals surface area (Å²) in [6.07, 6.45) is 3.78. The van der Waals surface area contributed by atoms with Gasteiger partial charge in [-0.05, 0) is 80.1 Å². The van der Waals surface area contributed by atoms with Gasteiger partial charge in [-0.2, -0.15) is 11.8 Å². The number of thioether (sulfide) groups is 1. The van der Waals surface area contributed by atoms with Gasteiger partial charge in [-0.15, -0.1) is 5.69 Å². The zero-order valence-electron chi connectivity index (χ0n) is 23.1. The molecule has 0 aliphatic carbocycles. The molecule has 4 rings (SSSR count). The Hall–Kier alpha value is -2.06. The summed E-state index contributed by atoms with van der Waals surface area (Å²) in [7, 11) is 0. The van der Waals surface area contributed by atoms with Crippen molar-refractivity contribution in [2.45, 2.75) is 44.3 Å². The van der Waals surface area contributed by atoms with E-state index in [9.17, 15) is 14.7 Å². The van der Waals surface area contributed by atoms with Gasteiger partial charge in [0.1, 0.15) is 6.04 Å². The summed E-state index contributed by atoms with van der Waals surface area (Å²) in [6, 6.07) is 18.9. The van der Waals surface area contributed by atoms with Crippen molar-refractivity contribution in [3.05, 3.63) is 104 Å². The molecule has 0 aromatic heterocycles.